The first-order valence-electron chi connectivity index (χ1n) is 4.28. The van der Waals surface area contributed by atoms with Gasteiger partial charge in [-0.25, -0.2) is 0 Å². The third kappa shape index (κ3) is 5.41. The lowest BCUT2D eigenvalue weighted by atomic mass is 10.3. The van der Waals surface area contributed by atoms with Crippen LogP contribution in [0.25, 0.3) is 0 Å². The van der Waals surface area contributed by atoms with Crippen molar-refractivity contribution < 1.29 is 14.4 Å². The predicted molar refractivity (Wildman–Crippen MR) is 55.8 cm³/mol. The number of amides is 3. The van der Waals surface area contributed by atoms with E-state index < -0.39 is 17.7 Å². The molecule has 2 N–H and O–H groups in total. The summed E-state index contributed by atoms with van der Waals surface area (Å²) in [5.41, 5.74) is 0.531. The Morgan fingerprint density at radius 1 is 1.00 bits per heavy atom. The number of hydrogen-bond acceptors (Lipinski definition) is 3. The van der Waals surface area contributed by atoms with Crippen molar-refractivity contribution in [3.63, 3.8) is 0 Å². The fourth-order valence-electron chi connectivity index (χ4n) is 0.589. The standard InChI is InChI=1S/C10H14N2O3/c1-6(2)9(14)11-5-8(13)12-10(15)7(3)4/h1,3,5H2,2,4H3,(H,11,14)(H,12,13,15). The Morgan fingerprint density at radius 2 is 1.47 bits per heavy atom. The molecule has 0 rings (SSSR count). The molecule has 0 aliphatic heterocycles. The van der Waals surface area contributed by atoms with Crippen LogP contribution in [0.2, 0.25) is 0 Å². The molecule has 5 heteroatoms. The van der Waals surface area contributed by atoms with Crippen molar-refractivity contribution in [1.82, 2.24) is 10.6 Å². The van der Waals surface area contributed by atoms with Crippen LogP contribution in [0.1, 0.15) is 13.8 Å². The molecule has 0 fully saturated rings. The van der Waals surface area contributed by atoms with Gasteiger partial charge in [0, 0.05) is 11.1 Å². The zero-order valence-electron chi connectivity index (χ0n) is 8.85. The summed E-state index contributed by atoms with van der Waals surface area (Å²) in [5, 5.41) is 4.35. The molecule has 0 aromatic rings. The first-order valence-corrected chi connectivity index (χ1v) is 4.28. The lowest BCUT2D eigenvalue weighted by molar-refractivity contribution is -0.129. The van der Waals surface area contributed by atoms with E-state index in [4.69, 9.17) is 0 Å². The summed E-state index contributed by atoms with van der Waals surface area (Å²) < 4.78 is 0. The van der Waals surface area contributed by atoms with Crippen molar-refractivity contribution in [3.8, 4) is 0 Å². The average molecular weight is 210 g/mol. The molecule has 3 amide bonds. The highest BCUT2D eigenvalue weighted by Gasteiger charge is 2.09. The quantitative estimate of drug-likeness (QED) is 0.636. The Labute approximate surface area is 88.2 Å². The average Bonchev–Trinajstić information content (AvgIpc) is 2.13. The topological polar surface area (TPSA) is 75.3 Å². The molecule has 82 valence electrons. The van der Waals surface area contributed by atoms with Crippen LogP contribution in [0.5, 0.6) is 0 Å². The van der Waals surface area contributed by atoms with Crippen molar-refractivity contribution in [2.45, 2.75) is 13.8 Å². The van der Waals surface area contributed by atoms with E-state index in [0.717, 1.165) is 0 Å². The molecule has 0 atom stereocenters. The molecule has 0 aliphatic carbocycles. The Kier molecular flexibility index (Phi) is 5.01. The molecule has 0 radical (unpaired) electrons. The van der Waals surface area contributed by atoms with Crippen LogP contribution in [-0.2, 0) is 14.4 Å². The SMILES string of the molecule is C=C(C)C(=O)NCC(=O)NC(=O)C(=C)C. The molecule has 0 saturated heterocycles. The number of rotatable bonds is 4. The van der Waals surface area contributed by atoms with Crippen LogP contribution in [0.3, 0.4) is 0 Å². The van der Waals surface area contributed by atoms with Gasteiger partial charge in [-0.3, -0.25) is 19.7 Å². The number of hydrogen-bond donors (Lipinski definition) is 2. The van der Waals surface area contributed by atoms with Crippen molar-refractivity contribution >= 4 is 17.7 Å². The minimum Gasteiger partial charge on any atom is -0.343 e. The van der Waals surface area contributed by atoms with E-state index in [2.05, 4.69) is 23.8 Å². The van der Waals surface area contributed by atoms with Crippen LogP contribution in [0.4, 0.5) is 0 Å². The van der Waals surface area contributed by atoms with Gasteiger partial charge in [-0.1, -0.05) is 13.2 Å². The highest BCUT2D eigenvalue weighted by molar-refractivity contribution is 6.05. The van der Waals surface area contributed by atoms with E-state index in [9.17, 15) is 14.4 Å². The molecule has 0 aromatic heterocycles. The van der Waals surface area contributed by atoms with Crippen molar-refractivity contribution in [1.29, 1.82) is 0 Å². The van der Waals surface area contributed by atoms with E-state index in [1.807, 2.05) is 0 Å². The third-order valence-electron chi connectivity index (χ3n) is 1.44. The molecule has 15 heavy (non-hydrogen) atoms. The van der Waals surface area contributed by atoms with Gasteiger partial charge in [0.25, 0.3) is 5.91 Å². The van der Waals surface area contributed by atoms with E-state index in [1.54, 1.807) is 0 Å². The van der Waals surface area contributed by atoms with Crippen molar-refractivity contribution in [2.75, 3.05) is 6.54 Å². The minimum absolute atomic E-state index is 0.231. The fourth-order valence-corrected chi connectivity index (χ4v) is 0.589. The molecule has 0 heterocycles. The number of carbonyl (C=O) groups is 3. The summed E-state index contributed by atoms with van der Waals surface area (Å²) in [7, 11) is 0. The zero-order chi connectivity index (χ0) is 12.0. The lowest BCUT2D eigenvalue weighted by Crippen LogP contribution is -2.40. The Hall–Kier alpha value is -1.91. The predicted octanol–water partition coefficient (Wildman–Crippen LogP) is -0.102. The summed E-state index contributed by atoms with van der Waals surface area (Å²) in [6, 6.07) is 0. The second kappa shape index (κ2) is 5.74. The second-order valence-corrected chi connectivity index (χ2v) is 3.12. The third-order valence-corrected chi connectivity index (χ3v) is 1.44. The van der Waals surface area contributed by atoms with E-state index >= 15 is 0 Å². The smallest absolute Gasteiger partial charge is 0.252 e. The highest BCUT2D eigenvalue weighted by atomic mass is 16.2. The molecule has 0 spiro atoms. The van der Waals surface area contributed by atoms with Gasteiger partial charge >= 0.3 is 0 Å². The molecule has 0 saturated carbocycles. The summed E-state index contributed by atoms with van der Waals surface area (Å²) in [5.74, 6) is -1.56. The van der Waals surface area contributed by atoms with Crippen LogP contribution < -0.4 is 10.6 Å². The second-order valence-electron chi connectivity index (χ2n) is 3.12. The van der Waals surface area contributed by atoms with Crippen LogP contribution >= 0.6 is 0 Å². The first-order chi connectivity index (χ1) is 6.84. The minimum atomic E-state index is -0.586. The largest absolute Gasteiger partial charge is 0.343 e. The number of carbonyl (C=O) groups excluding carboxylic acids is 3. The summed E-state index contributed by atoms with van der Waals surface area (Å²) in [6.07, 6.45) is 0. The van der Waals surface area contributed by atoms with Crippen LogP contribution in [-0.4, -0.2) is 24.3 Å². The molecular weight excluding hydrogens is 196 g/mol. The van der Waals surface area contributed by atoms with Gasteiger partial charge in [-0.05, 0) is 13.8 Å². The Bertz CT molecular complexity index is 332. The maximum atomic E-state index is 11.1. The van der Waals surface area contributed by atoms with Crippen LogP contribution in [0, 0.1) is 0 Å². The molecule has 0 unspecified atom stereocenters. The number of imide groups is 1. The Balaban J connectivity index is 3.96. The van der Waals surface area contributed by atoms with Gasteiger partial charge in [0.2, 0.25) is 11.8 Å². The Morgan fingerprint density at radius 3 is 1.87 bits per heavy atom. The maximum Gasteiger partial charge on any atom is 0.252 e. The van der Waals surface area contributed by atoms with Gasteiger partial charge in [-0.15, -0.1) is 0 Å². The molecular formula is C10H14N2O3. The van der Waals surface area contributed by atoms with Gasteiger partial charge in [0.15, 0.2) is 0 Å². The van der Waals surface area contributed by atoms with Gasteiger partial charge in [0.05, 0.1) is 6.54 Å². The van der Waals surface area contributed by atoms with Crippen molar-refractivity contribution in [2.24, 2.45) is 0 Å². The molecule has 0 aliphatic rings. The first kappa shape index (κ1) is 13.1. The molecule has 0 bridgehead atoms. The maximum absolute atomic E-state index is 11.1. The molecule has 0 aromatic carbocycles. The van der Waals surface area contributed by atoms with Gasteiger partial charge in [-0.2, -0.15) is 0 Å². The van der Waals surface area contributed by atoms with Crippen molar-refractivity contribution in [3.05, 3.63) is 24.3 Å². The summed E-state index contributed by atoms with van der Waals surface area (Å²) in [6.45, 7) is 9.51. The summed E-state index contributed by atoms with van der Waals surface area (Å²) >= 11 is 0. The monoisotopic (exact) mass is 210 g/mol. The van der Waals surface area contributed by atoms with E-state index in [1.165, 1.54) is 13.8 Å². The lowest BCUT2D eigenvalue weighted by Gasteiger charge is -2.05. The van der Waals surface area contributed by atoms with Crippen LogP contribution in [0.15, 0.2) is 24.3 Å². The normalized spacial score (nSPS) is 8.93. The fraction of sp³-hybridized carbons (Fsp3) is 0.300. The zero-order valence-corrected chi connectivity index (χ0v) is 8.85. The van der Waals surface area contributed by atoms with E-state index in [0.29, 0.717) is 5.57 Å². The van der Waals surface area contributed by atoms with Gasteiger partial charge in [0.1, 0.15) is 0 Å². The van der Waals surface area contributed by atoms with E-state index in [-0.39, 0.29) is 12.1 Å². The van der Waals surface area contributed by atoms with Gasteiger partial charge < -0.3 is 5.32 Å². The highest BCUT2D eigenvalue weighted by Crippen LogP contribution is 1.86. The number of nitrogens with one attached hydrogen (secondary N) is 2. The molecule has 5 nitrogen and oxygen atoms in total. The summed E-state index contributed by atoms with van der Waals surface area (Å²) in [4.78, 5) is 33.0.